The van der Waals surface area contributed by atoms with Crippen LogP contribution in [0.1, 0.15) is 12.8 Å². The van der Waals surface area contributed by atoms with Crippen LogP contribution < -0.4 is 9.47 Å². The van der Waals surface area contributed by atoms with Crippen molar-refractivity contribution in [2.24, 2.45) is 0 Å². The van der Waals surface area contributed by atoms with Crippen LogP contribution in [0.25, 0.3) is 0 Å². The molecule has 2 aromatic carbocycles. The van der Waals surface area contributed by atoms with Gasteiger partial charge in [-0.1, -0.05) is 24.3 Å². The summed E-state index contributed by atoms with van der Waals surface area (Å²) in [6.07, 6.45) is 1.36. The highest BCUT2D eigenvalue weighted by Crippen LogP contribution is 2.27. The molecule has 0 unspecified atom stereocenters. The second kappa shape index (κ2) is 12.9. The predicted octanol–water partition coefficient (Wildman–Crippen LogP) is 5.05. The molecule has 0 aliphatic carbocycles. The predicted molar refractivity (Wildman–Crippen MR) is 112 cm³/mol. The molecule has 9 nitrogen and oxygen atoms in total. The standard InChI is InChI=1S/C18H20N2O7S2/c21-19(22)15-7-1-3-9-17(15)25-11-5-13-28-27-29-14-6-12-26-18-10-4-2-8-16(18)20(23)24/h1-4,7-10H,5-6,11-14H2. The van der Waals surface area contributed by atoms with Gasteiger partial charge in [0.05, 0.1) is 23.1 Å². The van der Waals surface area contributed by atoms with Crippen molar-refractivity contribution in [2.45, 2.75) is 12.8 Å². The summed E-state index contributed by atoms with van der Waals surface area (Å²) in [6, 6.07) is 12.5. The van der Waals surface area contributed by atoms with Crippen molar-refractivity contribution < 1.29 is 22.9 Å². The highest BCUT2D eigenvalue weighted by molar-refractivity contribution is 8.07. The molecule has 0 spiro atoms. The van der Waals surface area contributed by atoms with Crippen LogP contribution in [0.5, 0.6) is 11.5 Å². The summed E-state index contributed by atoms with van der Waals surface area (Å²) >= 11 is 2.56. The molecule has 2 aromatic rings. The van der Waals surface area contributed by atoms with Crippen molar-refractivity contribution in [1.29, 1.82) is 0 Å². The fourth-order valence-electron chi connectivity index (χ4n) is 2.16. The molecular weight excluding hydrogens is 420 g/mol. The van der Waals surface area contributed by atoms with E-state index in [4.69, 9.17) is 13.1 Å². The first-order valence-corrected chi connectivity index (χ1v) is 10.5. The van der Waals surface area contributed by atoms with Gasteiger partial charge in [-0.05, 0) is 25.0 Å². The van der Waals surface area contributed by atoms with Crippen molar-refractivity contribution in [3.8, 4) is 11.5 Å². The minimum Gasteiger partial charge on any atom is -0.487 e. The van der Waals surface area contributed by atoms with Gasteiger partial charge in [0.15, 0.2) is 11.5 Å². The van der Waals surface area contributed by atoms with Gasteiger partial charge in [-0.25, -0.2) is 3.63 Å². The molecule has 0 heterocycles. The van der Waals surface area contributed by atoms with Crippen molar-refractivity contribution >= 4 is 35.5 Å². The number of nitrogens with zero attached hydrogens (tertiary/aromatic N) is 2. The molecule has 29 heavy (non-hydrogen) atoms. The first kappa shape index (κ1) is 22.8. The number of benzene rings is 2. The van der Waals surface area contributed by atoms with Gasteiger partial charge in [-0.3, -0.25) is 20.2 Å². The molecule has 11 heteroatoms. The van der Waals surface area contributed by atoms with Crippen molar-refractivity contribution in [2.75, 3.05) is 24.7 Å². The highest BCUT2D eigenvalue weighted by atomic mass is 32.2. The molecule has 0 aliphatic rings. The summed E-state index contributed by atoms with van der Waals surface area (Å²) in [7, 11) is 0. The van der Waals surface area contributed by atoms with E-state index < -0.39 is 9.85 Å². The van der Waals surface area contributed by atoms with E-state index in [2.05, 4.69) is 0 Å². The number of nitro groups is 2. The average molecular weight is 440 g/mol. The van der Waals surface area contributed by atoms with E-state index in [1.54, 1.807) is 36.4 Å². The Kier molecular flexibility index (Phi) is 10.1. The molecule has 0 saturated carbocycles. The quantitative estimate of drug-likeness (QED) is 0.172. The lowest BCUT2D eigenvalue weighted by molar-refractivity contribution is -0.386. The zero-order valence-electron chi connectivity index (χ0n) is 15.4. The number of hydrogen-bond acceptors (Lipinski definition) is 9. The van der Waals surface area contributed by atoms with Gasteiger partial charge in [-0.2, -0.15) is 0 Å². The van der Waals surface area contributed by atoms with E-state index in [1.165, 1.54) is 36.2 Å². The van der Waals surface area contributed by atoms with Crippen molar-refractivity contribution in [1.82, 2.24) is 0 Å². The molecule has 0 N–H and O–H groups in total. The fraction of sp³-hybridized carbons (Fsp3) is 0.333. The molecule has 0 amide bonds. The van der Waals surface area contributed by atoms with E-state index in [0.717, 1.165) is 0 Å². The minimum atomic E-state index is -0.469. The largest absolute Gasteiger partial charge is 0.487 e. The van der Waals surface area contributed by atoms with Crippen molar-refractivity contribution in [3.05, 3.63) is 68.8 Å². The van der Waals surface area contributed by atoms with Gasteiger partial charge in [0.2, 0.25) is 0 Å². The van der Waals surface area contributed by atoms with Crippen LogP contribution in [0.3, 0.4) is 0 Å². The number of rotatable bonds is 14. The van der Waals surface area contributed by atoms with Crippen LogP contribution in [0.2, 0.25) is 0 Å². The topological polar surface area (TPSA) is 114 Å². The molecular formula is C18H20N2O7S2. The fourth-order valence-corrected chi connectivity index (χ4v) is 3.45. The highest BCUT2D eigenvalue weighted by Gasteiger charge is 2.14. The third kappa shape index (κ3) is 8.18. The molecule has 0 aromatic heterocycles. The smallest absolute Gasteiger partial charge is 0.310 e. The second-order valence-electron chi connectivity index (χ2n) is 5.57. The lowest BCUT2D eigenvalue weighted by Gasteiger charge is -2.07. The van der Waals surface area contributed by atoms with Crippen LogP contribution in [0.4, 0.5) is 11.4 Å². The maximum absolute atomic E-state index is 10.9. The molecule has 0 radical (unpaired) electrons. The molecule has 0 atom stereocenters. The lowest BCUT2D eigenvalue weighted by atomic mass is 10.3. The summed E-state index contributed by atoms with van der Waals surface area (Å²) in [5.74, 6) is 1.88. The van der Waals surface area contributed by atoms with Crippen molar-refractivity contribution in [3.63, 3.8) is 0 Å². The Morgan fingerprint density at radius 1 is 0.724 bits per heavy atom. The van der Waals surface area contributed by atoms with Gasteiger partial charge in [0.1, 0.15) is 0 Å². The minimum absolute atomic E-state index is 0.0463. The van der Waals surface area contributed by atoms with Crippen LogP contribution in [-0.4, -0.2) is 34.6 Å². The summed E-state index contributed by atoms with van der Waals surface area (Å²) in [5.41, 5.74) is -0.0926. The zero-order valence-corrected chi connectivity index (χ0v) is 17.1. The normalized spacial score (nSPS) is 10.5. The van der Waals surface area contributed by atoms with Crippen LogP contribution in [0, 0.1) is 20.2 Å². The summed E-state index contributed by atoms with van der Waals surface area (Å²) in [6.45, 7) is 0.713. The monoisotopic (exact) mass is 440 g/mol. The maximum Gasteiger partial charge on any atom is 0.310 e. The van der Waals surface area contributed by atoms with E-state index in [1.807, 2.05) is 0 Å². The van der Waals surface area contributed by atoms with Crippen LogP contribution in [0.15, 0.2) is 48.5 Å². The number of nitro benzene ring substituents is 2. The average Bonchev–Trinajstić information content (AvgIpc) is 2.72. The molecule has 0 aliphatic heterocycles. The van der Waals surface area contributed by atoms with E-state index in [-0.39, 0.29) is 22.9 Å². The summed E-state index contributed by atoms with van der Waals surface area (Å²) < 4.78 is 16.3. The molecule has 0 bridgehead atoms. The third-order valence-electron chi connectivity index (χ3n) is 3.48. The van der Waals surface area contributed by atoms with Gasteiger partial charge in [0.25, 0.3) is 0 Å². The first-order valence-electron chi connectivity index (χ1n) is 8.73. The molecule has 156 valence electrons. The number of ether oxygens (including phenoxy) is 2. The summed E-state index contributed by atoms with van der Waals surface area (Å²) in [5, 5.41) is 21.8. The Bertz CT molecular complexity index is 742. The summed E-state index contributed by atoms with van der Waals surface area (Å²) in [4.78, 5) is 20.8. The van der Waals surface area contributed by atoms with E-state index in [9.17, 15) is 20.2 Å². The molecule has 0 fully saturated rings. The van der Waals surface area contributed by atoms with Gasteiger partial charge < -0.3 is 9.47 Å². The SMILES string of the molecule is O=[N+]([O-])c1ccccc1OCCCSOSCCCOc1ccccc1[N+](=O)[O-]. The second-order valence-corrected chi connectivity index (χ2v) is 7.40. The van der Waals surface area contributed by atoms with E-state index in [0.29, 0.717) is 37.6 Å². The third-order valence-corrected chi connectivity index (χ3v) is 5.16. The molecule has 2 rings (SSSR count). The van der Waals surface area contributed by atoms with Crippen LogP contribution >= 0.6 is 24.1 Å². The Balaban J connectivity index is 1.49. The van der Waals surface area contributed by atoms with E-state index >= 15 is 0 Å². The first-order chi connectivity index (χ1) is 14.1. The zero-order chi connectivity index (χ0) is 20.9. The van der Waals surface area contributed by atoms with Crippen LogP contribution in [-0.2, 0) is 3.63 Å². The van der Waals surface area contributed by atoms with Gasteiger partial charge >= 0.3 is 11.4 Å². The maximum atomic E-state index is 10.9. The Morgan fingerprint density at radius 2 is 1.14 bits per heavy atom. The Hall–Kier alpha value is -2.50. The Labute approximate surface area is 176 Å². The Morgan fingerprint density at radius 3 is 1.55 bits per heavy atom. The van der Waals surface area contributed by atoms with Gasteiger partial charge in [0, 0.05) is 47.7 Å². The number of hydrogen-bond donors (Lipinski definition) is 0. The molecule has 0 saturated heterocycles. The lowest BCUT2D eigenvalue weighted by Crippen LogP contribution is -2.02. The van der Waals surface area contributed by atoms with Gasteiger partial charge in [-0.15, -0.1) is 0 Å². The number of para-hydroxylation sites is 4.